The van der Waals surface area contributed by atoms with Crippen molar-refractivity contribution in [2.24, 2.45) is 0 Å². The van der Waals surface area contributed by atoms with Gasteiger partial charge in [-0.3, -0.25) is 0 Å². The molecular weight excluding hydrogens is 256 g/mol. The third kappa shape index (κ3) is 2.63. The molecule has 0 bridgehead atoms. The normalized spacial score (nSPS) is 11.2. The molecule has 3 nitrogen and oxygen atoms in total. The van der Waals surface area contributed by atoms with Crippen molar-refractivity contribution in [2.45, 2.75) is 4.90 Å². The second-order valence-corrected chi connectivity index (χ2v) is 5.36. The van der Waals surface area contributed by atoms with E-state index in [1.807, 2.05) is 0 Å². The zero-order valence-corrected chi connectivity index (χ0v) is 9.01. The van der Waals surface area contributed by atoms with Gasteiger partial charge in [-0.2, -0.15) is 0 Å². The molecule has 0 aromatic heterocycles. The number of hydrogen-bond acceptors (Lipinski definition) is 3. The van der Waals surface area contributed by atoms with Crippen molar-refractivity contribution < 1.29 is 13.2 Å². The van der Waals surface area contributed by atoms with Gasteiger partial charge in [-0.1, -0.05) is 22.0 Å². The van der Waals surface area contributed by atoms with Gasteiger partial charge in [0.25, 0.3) is 0 Å². The largest absolute Gasteiger partial charge is 0.302 e. The molecule has 0 amide bonds. The Morgan fingerprint density at radius 2 is 2.08 bits per heavy atom. The summed E-state index contributed by atoms with van der Waals surface area (Å²) in [6.45, 7) is 0. The molecule has 0 saturated heterocycles. The Labute approximate surface area is 84.8 Å². The Kier molecular flexibility index (Phi) is 3.22. The first kappa shape index (κ1) is 10.4. The predicted molar refractivity (Wildman–Crippen MR) is 52.3 cm³/mol. The summed E-state index contributed by atoms with van der Waals surface area (Å²) in [5.74, 6) is -0.469. The van der Waals surface area contributed by atoms with Gasteiger partial charge in [0, 0.05) is 4.47 Å². The molecule has 5 heteroatoms. The van der Waals surface area contributed by atoms with Crippen LogP contribution in [0, 0.1) is 0 Å². The molecule has 0 unspecified atom stereocenters. The summed E-state index contributed by atoms with van der Waals surface area (Å²) >= 11 is 3.15. The van der Waals surface area contributed by atoms with Crippen LogP contribution in [0.5, 0.6) is 0 Å². The van der Waals surface area contributed by atoms with E-state index in [1.54, 1.807) is 12.1 Å². The summed E-state index contributed by atoms with van der Waals surface area (Å²) in [6.07, 6.45) is 0.385. The van der Waals surface area contributed by atoms with E-state index in [2.05, 4.69) is 15.9 Å². The molecule has 0 atom stereocenters. The van der Waals surface area contributed by atoms with Crippen LogP contribution in [0.25, 0.3) is 0 Å². The van der Waals surface area contributed by atoms with Crippen LogP contribution >= 0.6 is 15.9 Å². The average molecular weight is 263 g/mol. The minimum Gasteiger partial charge on any atom is -0.302 e. The van der Waals surface area contributed by atoms with E-state index < -0.39 is 15.6 Å². The number of aldehydes is 1. The van der Waals surface area contributed by atoms with Crippen LogP contribution < -0.4 is 0 Å². The van der Waals surface area contributed by atoms with E-state index in [0.29, 0.717) is 10.8 Å². The van der Waals surface area contributed by atoms with Crippen LogP contribution in [0.3, 0.4) is 0 Å². The summed E-state index contributed by atoms with van der Waals surface area (Å²) in [7, 11) is -3.43. The summed E-state index contributed by atoms with van der Waals surface area (Å²) in [5, 5.41) is 0. The number of hydrogen-bond donors (Lipinski definition) is 0. The molecule has 0 N–H and O–H groups in total. The second kappa shape index (κ2) is 4.02. The van der Waals surface area contributed by atoms with E-state index in [0.717, 1.165) is 0 Å². The highest BCUT2D eigenvalue weighted by Crippen LogP contribution is 2.16. The van der Waals surface area contributed by atoms with E-state index in [4.69, 9.17) is 0 Å². The lowest BCUT2D eigenvalue weighted by atomic mass is 10.4. The third-order valence-corrected chi connectivity index (χ3v) is 3.48. The average Bonchev–Trinajstić information content (AvgIpc) is 2.04. The van der Waals surface area contributed by atoms with Crippen molar-refractivity contribution in [3.8, 4) is 0 Å². The lowest BCUT2D eigenvalue weighted by Gasteiger charge is -1.99. The first-order chi connectivity index (χ1) is 6.06. The van der Waals surface area contributed by atoms with Crippen molar-refractivity contribution in [1.82, 2.24) is 0 Å². The van der Waals surface area contributed by atoms with Gasteiger partial charge in [0.2, 0.25) is 0 Å². The lowest BCUT2D eigenvalue weighted by molar-refractivity contribution is -0.105. The fraction of sp³-hybridized carbons (Fsp3) is 0.125. The number of halogens is 1. The highest BCUT2D eigenvalue weighted by molar-refractivity contribution is 9.10. The molecule has 0 saturated carbocycles. The number of carbonyl (C=O) groups is 1. The van der Waals surface area contributed by atoms with Gasteiger partial charge >= 0.3 is 0 Å². The minimum atomic E-state index is -3.43. The van der Waals surface area contributed by atoms with Crippen LogP contribution in [-0.4, -0.2) is 20.5 Å². The Morgan fingerprint density at radius 1 is 1.38 bits per heavy atom. The van der Waals surface area contributed by atoms with Gasteiger partial charge in [-0.05, 0) is 18.2 Å². The van der Waals surface area contributed by atoms with Crippen LogP contribution in [0.15, 0.2) is 33.6 Å². The Hall–Kier alpha value is -0.680. The fourth-order valence-electron chi connectivity index (χ4n) is 0.846. The number of sulfone groups is 1. The third-order valence-electron chi connectivity index (χ3n) is 1.44. The van der Waals surface area contributed by atoms with Crippen LogP contribution in [0.4, 0.5) is 0 Å². The molecule has 70 valence electrons. The number of benzene rings is 1. The van der Waals surface area contributed by atoms with E-state index >= 15 is 0 Å². The molecule has 0 fully saturated rings. The summed E-state index contributed by atoms with van der Waals surface area (Å²) in [6, 6.07) is 6.27. The Bertz CT molecular complexity index is 411. The summed E-state index contributed by atoms with van der Waals surface area (Å²) in [4.78, 5) is 10.2. The molecule has 13 heavy (non-hydrogen) atoms. The highest BCUT2D eigenvalue weighted by atomic mass is 79.9. The lowest BCUT2D eigenvalue weighted by Crippen LogP contribution is -2.07. The van der Waals surface area contributed by atoms with Gasteiger partial charge < -0.3 is 4.79 Å². The molecular formula is C8H7BrO3S. The van der Waals surface area contributed by atoms with Gasteiger partial charge in [0.1, 0.15) is 12.0 Å². The van der Waals surface area contributed by atoms with Crippen molar-refractivity contribution in [3.63, 3.8) is 0 Å². The quantitative estimate of drug-likeness (QED) is 0.775. The second-order valence-electron chi connectivity index (χ2n) is 2.41. The highest BCUT2D eigenvalue weighted by Gasteiger charge is 2.12. The fourth-order valence-corrected chi connectivity index (χ4v) is 2.36. The molecule has 0 spiro atoms. The van der Waals surface area contributed by atoms with Crippen molar-refractivity contribution in [2.75, 3.05) is 5.75 Å². The topological polar surface area (TPSA) is 51.2 Å². The zero-order valence-electron chi connectivity index (χ0n) is 6.60. The van der Waals surface area contributed by atoms with Crippen molar-refractivity contribution in [3.05, 3.63) is 28.7 Å². The molecule has 0 aliphatic rings. The molecule has 1 aromatic carbocycles. The van der Waals surface area contributed by atoms with Crippen LogP contribution in [0.2, 0.25) is 0 Å². The van der Waals surface area contributed by atoms with E-state index in [-0.39, 0.29) is 4.90 Å². The maximum atomic E-state index is 11.3. The van der Waals surface area contributed by atoms with Gasteiger partial charge in [-0.15, -0.1) is 0 Å². The predicted octanol–water partition coefficient (Wildman–Crippen LogP) is 1.42. The molecule has 1 aromatic rings. The summed E-state index contributed by atoms with van der Waals surface area (Å²) < 4.78 is 23.3. The first-order valence-corrected chi connectivity index (χ1v) is 5.93. The van der Waals surface area contributed by atoms with Crippen LogP contribution in [0.1, 0.15) is 0 Å². The molecule has 1 rings (SSSR count). The maximum Gasteiger partial charge on any atom is 0.185 e. The SMILES string of the molecule is O=CCS(=O)(=O)c1cccc(Br)c1. The standard InChI is InChI=1S/C8H7BrO3S/c9-7-2-1-3-8(6-7)13(11,12)5-4-10/h1-4,6H,5H2. The van der Waals surface area contributed by atoms with Gasteiger partial charge in [0.05, 0.1) is 4.90 Å². The molecule has 0 aliphatic heterocycles. The number of rotatable bonds is 3. The Balaban J connectivity index is 3.15. The Morgan fingerprint density at radius 3 is 2.62 bits per heavy atom. The molecule has 0 aliphatic carbocycles. The monoisotopic (exact) mass is 262 g/mol. The maximum absolute atomic E-state index is 11.3. The minimum absolute atomic E-state index is 0.161. The number of carbonyl (C=O) groups excluding carboxylic acids is 1. The molecule has 0 heterocycles. The first-order valence-electron chi connectivity index (χ1n) is 3.48. The van der Waals surface area contributed by atoms with Gasteiger partial charge in [-0.25, -0.2) is 8.42 Å². The van der Waals surface area contributed by atoms with Crippen molar-refractivity contribution in [1.29, 1.82) is 0 Å². The van der Waals surface area contributed by atoms with Crippen molar-refractivity contribution >= 4 is 32.1 Å². The summed E-state index contributed by atoms with van der Waals surface area (Å²) in [5.41, 5.74) is 0. The van der Waals surface area contributed by atoms with Crippen LogP contribution in [-0.2, 0) is 14.6 Å². The van der Waals surface area contributed by atoms with E-state index in [1.165, 1.54) is 12.1 Å². The van der Waals surface area contributed by atoms with Gasteiger partial charge in [0.15, 0.2) is 9.84 Å². The molecule has 0 radical (unpaired) electrons. The zero-order chi connectivity index (χ0) is 9.90. The smallest absolute Gasteiger partial charge is 0.185 e. The van der Waals surface area contributed by atoms with E-state index in [9.17, 15) is 13.2 Å².